The summed E-state index contributed by atoms with van der Waals surface area (Å²) in [6.45, 7) is 1.81. The van der Waals surface area contributed by atoms with Crippen LogP contribution in [0.3, 0.4) is 0 Å². The number of carbonyl (C=O) groups excluding carboxylic acids is 2. The van der Waals surface area contributed by atoms with E-state index in [0.29, 0.717) is 30.0 Å². The average molecular weight is 394 g/mol. The number of rotatable bonds is 7. The maximum absolute atomic E-state index is 12.8. The Balaban J connectivity index is 1.44. The van der Waals surface area contributed by atoms with Crippen LogP contribution >= 0.6 is 0 Å². The number of nitrogens with zero attached hydrogens (tertiary/aromatic N) is 2. The molecule has 3 atom stereocenters. The third kappa shape index (κ3) is 3.68. The highest BCUT2D eigenvalue weighted by atomic mass is 16.5. The van der Waals surface area contributed by atoms with Gasteiger partial charge in [-0.25, -0.2) is 4.79 Å². The van der Waals surface area contributed by atoms with E-state index in [1.165, 1.54) is 9.80 Å². The van der Waals surface area contributed by atoms with Gasteiger partial charge in [-0.3, -0.25) is 9.59 Å². The summed E-state index contributed by atoms with van der Waals surface area (Å²) in [7, 11) is 0. The van der Waals surface area contributed by atoms with E-state index in [1.54, 1.807) is 24.3 Å². The van der Waals surface area contributed by atoms with E-state index in [9.17, 15) is 19.5 Å². The van der Waals surface area contributed by atoms with Crippen molar-refractivity contribution in [1.82, 2.24) is 4.90 Å². The van der Waals surface area contributed by atoms with Gasteiger partial charge in [-0.1, -0.05) is 25.1 Å². The van der Waals surface area contributed by atoms with Crippen molar-refractivity contribution in [2.75, 3.05) is 11.4 Å². The lowest BCUT2D eigenvalue weighted by Gasteiger charge is -2.27. The van der Waals surface area contributed by atoms with E-state index in [4.69, 9.17) is 4.74 Å². The van der Waals surface area contributed by atoms with Gasteiger partial charge in [0.2, 0.25) is 12.3 Å². The lowest BCUT2D eigenvalue weighted by Crippen LogP contribution is -2.47. The fraction of sp³-hybridized carbons (Fsp3) is 0.318. The molecule has 2 fully saturated rings. The summed E-state index contributed by atoms with van der Waals surface area (Å²) in [6.07, 6.45) is 1.86. The van der Waals surface area contributed by atoms with Crippen molar-refractivity contribution >= 4 is 24.0 Å². The monoisotopic (exact) mass is 394 g/mol. The molecule has 7 heteroatoms. The SMILES string of the molecule is C[C@@]12C[C@@H]1N(C(=O)CN(C=O)c1ccc(Oc3ccccc3)cc1)[C@H](C(=O)O)C2. The molecule has 7 nitrogen and oxygen atoms in total. The molecule has 1 saturated carbocycles. The first-order chi connectivity index (χ1) is 13.9. The summed E-state index contributed by atoms with van der Waals surface area (Å²) in [5.41, 5.74) is 0.430. The molecule has 0 aromatic heterocycles. The predicted molar refractivity (Wildman–Crippen MR) is 106 cm³/mol. The minimum atomic E-state index is -0.994. The molecule has 0 spiro atoms. The number of hydrogen-bond acceptors (Lipinski definition) is 4. The number of hydrogen-bond donors (Lipinski definition) is 1. The maximum Gasteiger partial charge on any atom is 0.326 e. The maximum atomic E-state index is 12.8. The number of likely N-dealkylation sites (tertiary alicyclic amines) is 1. The number of anilines is 1. The molecule has 4 rings (SSSR count). The molecule has 2 amide bonds. The quantitative estimate of drug-likeness (QED) is 0.730. The molecular formula is C22H22N2O5. The molecule has 0 unspecified atom stereocenters. The Hall–Kier alpha value is -3.35. The first-order valence-corrected chi connectivity index (χ1v) is 9.50. The van der Waals surface area contributed by atoms with Crippen LogP contribution in [0.25, 0.3) is 0 Å². The molecule has 1 heterocycles. The second-order valence-electron chi connectivity index (χ2n) is 7.88. The third-order valence-electron chi connectivity index (χ3n) is 5.79. The van der Waals surface area contributed by atoms with E-state index < -0.39 is 12.0 Å². The van der Waals surface area contributed by atoms with E-state index in [-0.39, 0.29) is 23.9 Å². The fourth-order valence-electron chi connectivity index (χ4n) is 4.09. The van der Waals surface area contributed by atoms with Crippen LogP contribution in [-0.4, -0.2) is 46.9 Å². The zero-order valence-electron chi connectivity index (χ0n) is 16.0. The Morgan fingerprint density at radius 2 is 1.79 bits per heavy atom. The van der Waals surface area contributed by atoms with Crippen molar-refractivity contribution in [2.45, 2.75) is 31.8 Å². The molecule has 1 N–H and O–H groups in total. The summed E-state index contributed by atoms with van der Waals surface area (Å²) < 4.78 is 5.73. The van der Waals surface area contributed by atoms with Gasteiger partial charge in [-0.05, 0) is 54.7 Å². The zero-order chi connectivity index (χ0) is 20.6. The van der Waals surface area contributed by atoms with Gasteiger partial charge in [-0.2, -0.15) is 0 Å². The highest BCUT2D eigenvalue weighted by molar-refractivity contribution is 5.92. The van der Waals surface area contributed by atoms with Gasteiger partial charge in [0.15, 0.2) is 0 Å². The van der Waals surface area contributed by atoms with Crippen molar-refractivity contribution in [3.8, 4) is 11.5 Å². The number of carboxylic acids is 1. The van der Waals surface area contributed by atoms with Crippen molar-refractivity contribution in [3.05, 3.63) is 54.6 Å². The molecule has 1 aliphatic heterocycles. The Morgan fingerprint density at radius 3 is 2.41 bits per heavy atom. The van der Waals surface area contributed by atoms with Crippen LogP contribution < -0.4 is 9.64 Å². The zero-order valence-corrected chi connectivity index (χ0v) is 16.0. The minimum absolute atomic E-state index is 0.0498. The van der Waals surface area contributed by atoms with Crippen LogP contribution in [0.2, 0.25) is 0 Å². The molecule has 1 saturated heterocycles. The number of piperidine rings is 1. The van der Waals surface area contributed by atoms with Gasteiger partial charge in [0.25, 0.3) is 0 Å². The van der Waals surface area contributed by atoms with E-state index in [1.807, 2.05) is 37.3 Å². The Bertz CT molecular complexity index is 930. The standard InChI is InChI=1S/C22H22N2O5/c1-22-11-18(21(27)28)24(19(22)12-22)20(26)13-23(14-25)15-7-9-17(10-8-15)29-16-5-3-2-4-6-16/h2-10,14,18-19H,11-13H2,1H3,(H,27,28)/t18-,19-,22+/m0/s1. The highest BCUT2D eigenvalue weighted by Gasteiger charge is 2.64. The van der Waals surface area contributed by atoms with Crippen molar-refractivity contribution in [1.29, 1.82) is 0 Å². The van der Waals surface area contributed by atoms with Crippen LogP contribution in [0.4, 0.5) is 5.69 Å². The second kappa shape index (κ2) is 7.24. The molecule has 1 aliphatic carbocycles. The highest BCUT2D eigenvalue weighted by Crippen LogP contribution is 2.59. The molecule has 29 heavy (non-hydrogen) atoms. The van der Waals surface area contributed by atoms with Gasteiger partial charge < -0.3 is 19.6 Å². The van der Waals surface area contributed by atoms with E-state index in [2.05, 4.69) is 0 Å². The number of benzene rings is 2. The lowest BCUT2D eigenvalue weighted by atomic mass is 10.0. The molecule has 0 radical (unpaired) electrons. The molecule has 2 aliphatic rings. The summed E-state index contributed by atoms with van der Waals surface area (Å²) in [5.74, 6) is -0.0348. The Kier molecular flexibility index (Phi) is 4.74. The van der Waals surface area contributed by atoms with Crippen molar-refractivity contribution < 1.29 is 24.2 Å². The summed E-state index contributed by atoms with van der Waals surface area (Å²) in [4.78, 5) is 38.7. The average Bonchev–Trinajstić information content (AvgIpc) is 3.27. The van der Waals surface area contributed by atoms with Gasteiger partial charge in [-0.15, -0.1) is 0 Å². The van der Waals surface area contributed by atoms with E-state index in [0.717, 1.165) is 6.42 Å². The molecule has 0 bridgehead atoms. The van der Waals surface area contributed by atoms with Crippen LogP contribution in [0, 0.1) is 5.41 Å². The number of ether oxygens (including phenoxy) is 1. The minimum Gasteiger partial charge on any atom is -0.480 e. The van der Waals surface area contributed by atoms with Crippen LogP contribution in [0.15, 0.2) is 54.6 Å². The first kappa shape index (κ1) is 19.0. The lowest BCUT2D eigenvalue weighted by molar-refractivity contribution is -0.148. The fourth-order valence-corrected chi connectivity index (χ4v) is 4.09. The third-order valence-corrected chi connectivity index (χ3v) is 5.79. The second-order valence-corrected chi connectivity index (χ2v) is 7.88. The smallest absolute Gasteiger partial charge is 0.326 e. The Morgan fingerprint density at radius 1 is 1.14 bits per heavy atom. The molecule has 150 valence electrons. The number of carboxylic acid groups (broad SMARTS) is 1. The van der Waals surface area contributed by atoms with Crippen LogP contribution in [-0.2, 0) is 14.4 Å². The van der Waals surface area contributed by atoms with Crippen LogP contribution in [0.1, 0.15) is 19.8 Å². The van der Waals surface area contributed by atoms with Gasteiger partial charge in [0.1, 0.15) is 24.1 Å². The van der Waals surface area contributed by atoms with Crippen LogP contribution in [0.5, 0.6) is 11.5 Å². The van der Waals surface area contributed by atoms with Crippen molar-refractivity contribution in [2.24, 2.45) is 5.41 Å². The number of fused-ring (bicyclic) bond motifs is 1. The largest absolute Gasteiger partial charge is 0.480 e. The molecule has 2 aromatic rings. The predicted octanol–water partition coefficient (Wildman–Crippen LogP) is 2.91. The molecule has 2 aromatic carbocycles. The van der Waals surface area contributed by atoms with E-state index >= 15 is 0 Å². The number of para-hydroxylation sites is 1. The summed E-state index contributed by atoms with van der Waals surface area (Å²) >= 11 is 0. The van der Waals surface area contributed by atoms with Gasteiger partial charge in [0, 0.05) is 11.7 Å². The van der Waals surface area contributed by atoms with Crippen molar-refractivity contribution in [3.63, 3.8) is 0 Å². The summed E-state index contributed by atoms with van der Waals surface area (Å²) in [6, 6.07) is 15.3. The van der Waals surface area contributed by atoms with Gasteiger partial charge in [0.05, 0.1) is 0 Å². The topological polar surface area (TPSA) is 87.2 Å². The first-order valence-electron chi connectivity index (χ1n) is 9.50. The number of amides is 2. The number of aliphatic carboxylic acids is 1. The normalized spacial score (nSPS) is 24.5. The summed E-state index contributed by atoms with van der Waals surface area (Å²) in [5, 5.41) is 9.45. The molecular weight excluding hydrogens is 372 g/mol. The number of carbonyl (C=O) groups is 3. The van der Waals surface area contributed by atoms with Gasteiger partial charge >= 0.3 is 5.97 Å². The Labute approximate surface area is 168 Å².